The number of hydrogen-bond acceptors (Lipinski definition) is 6. The van der Waals surface area contributed by atoms with Gasteiger partial charge < -0.3 is 35.3 Å². The summed E-state index contributed by atoms with van der Waals surface area (Å²) in [5.74, 6) is 1.52. The maximum absolute atomic E-state index is 11.7. The van der Waals surface area contributed by atoms with Crippen molar-refractivity contribution in [3.63, 3.8) is 0 Å². The topological polar surface area (TPSA) is 119 Å². The zero-order valence-corrected chi connectivity index (χ0v) is 16.5. The zero-order valence-electron chi connectivity index (χ0n) is 16.5. The molecule has 2 rings (SSSR count). The number of carbonyl (C=O) groups excluding carboxylic acids is 1. The van der Waals surface area contributed by atoms with E-state index in [2.05, 4.69) is 10.3 Å². The van der Waals surface area contributed by atoms with E-state index in [4.69, 9.17) is 25.1 Å². The van der Waals surface area contributed by atoms with Crippen molar-refractivity contribution >= 4 is 12.1 Å². The lowest BCUT2D eigenvalue weighted by Gasteiger charge is -2.31. The Morgan fingerprint density at radius 3 is 2.75 bits per heavy atom. The molecule has 1 aromatic carbocycles. The Morgan fingerprint density at radius 1 is 1.36 bits per heavy atom. The first-order valence-corrected chi connectivity index (χ1v) is 9.46. The molecule has 0 bridgehead atoms. The number of hydrogen-bond donors (Lipinski definition) is 3. The third-order valence-corrected chi connectivity index (χ3v) is 4.38. The minimum absolute atomic E-state index is 0.0594. The van der Waals surface area contributed by atoms with E-state index in [1.54, 1.807) is 25.0 Å². The first-order valence-electron chi connectivity index (χ1n) is 9.46. The molecule has 9 nitrogen and oxygen atoms in total. The fourth-order valence-corrected chi connectivity index (χ4v) is 2.94. The Labute approximate surface area is 165 Å². The van der Waals surface area contributed by atoms with Gasteiger partial charge in [0.15, 0.2) is 17.5 Å². The largest absolute Gasteiger partial charge is 0.493 e. The van der Waals surface area contributed by atoms with Crippen molar-refractivity contribution in [3.05, 3.63) is 23.8 Å². The highest BCUT2D eigenvalue weighted by Gasteiger charge is 2.23. The summed E-state index contributed by atoms with van der Waals surface area (Å²) in [6.45, 7) is 4.00. The van der Waals surface area contributed by atoms with Gasteiger partial charge >= 0.3 is 6.09 Å². The van der Waals surface area contributed by atoms with E-state index in [9.17, 15) is 4.79 Å². The van der Waals surface area contributed by atoms with Crippen LogP contribution in [0, 0.1) is 0 Å². The van der Waals surface area contributed by atoms with E-state index in [1.807, 2.05) is 12.1 Å². The van der Waals surface area contributed by atoms with Crippen LogP contribution in [0.3, 0.4) is 0 Å². The SMILES string of the molecule is CCOC(=O)N1CCC(NC(N)=NCc2ccc(OCCO)c(OC)c2)CC1. The van der Waals surface area contributed by atoms with Crippen molar-refractivity contribution in [1.82, 2.24) is 10.2 Å². The van der Waals surface area contributed by atoms with Crippen LogP contribution < -0.4 is 20.5 Å². The number of nitrogens with zero attached hydrogens (tertiary/aromatic N) is 2. The predicted octanol–water partition coefficient (Wildman–Crippen LogP) is 1.09. The number of carbonyl (C=O) groups is 1. The van der Waals surface area contributed by atoms with Crippen LogP contribution in [0.25, 0.3) is 0 Å². The van der Waals surface area contributed by atoms with Gasteiger partial charge in [0, 0.05) is 19.1 Å². The molecule has 4 N–H and O–H groups in total. The van der Waals surface area contributed by atoms with Crippen LogP contribution in [0.5, 0.6) is 11.5 Å². The van der Waals surface area contributed by atoms with Crippen molar-refractivity contribution in [1.29, 1.82) is 0 Å². The Balaban J connectivity index is 1.83. The van der Waals surface area contributed by atoms with E-state index in [0.717, 1.165) is 18.4 Å². The number of aliphatic hydroxyl groups excluding tert-OH is 1. The molecule has 156 valence electrons. The van der Waals surface area contributed by atoms with Gasteiger partial charge in [0.2, 0.25) is 0 Å². The van der Waals surface area contributed by atoms with Crippen molar-refractivity contribution in [2.45, 2.75) is 32.4 Å². The van der Waals surface area contributed by atoms with Gasteiger partial charge in [-0.25, -0.2) is 9.79 Å². The molecule has 1 saturated heterocycles. The predicted molar refractivity (Wildman–Crippen MR) is 106 cm³/mol. The number of amides is 1. The smallest absolute Gasteiger partial charge is 0.409 e. The number of rotatable bonds is 8. The van der Waals surface area contributed by atoms with Gasteiger partial charge in [-0.2, -0.15) is 0 Å². The van der Waals surface area contributed by atoms with Crippen molar-refractivity contribution in [3.8, 4) is 11.5 Å². The highest BCUT2D eigenvalue weighted by molar-refractivity contribution is 5.78. The molecule has 1 aromatic rings. The summed E-state index contributed by atoms with van der Waals surface area (Å²) < 4.78 is 15.7. The Morgan fingerprint density at radius 2 is 2.11 bits per heavy atom. The molecule has 28 heavy (non-hydrogen) atoms. The molecule has 0 radical (unpaired) electrons. The summed E-state index contributed by atoms with van der Waals surface area (Å²) in [4.78, 5) is 17.8. The normalized spacial score (nSPS) is 15.2. The molecule has 0 aliphatic carbocycles. The summed E-state index contributed by atoms with van der Waals surface area (Å²) in [5, 5.41) is 12.1. The van der Waals surface area contributed by atoms with Crippen LogP contribution in [0.4, 0.5) is 4.79 Å². The molecule has 0 saturated carbocycles. The van der Waals surface area contributed by atoms with Gasteiger partial charge in [-0.05, 0) is 37.5 Å². The number of likely N-dealkylation sites (tertiary alicyclic amines) is 1. The molecule has 0 unspecified atom stereocenters. The lowest BCUT2D eigenvalue weighted by atomic mass is 10.1. The molecule has 0 aromatic heterocycles. The van der Waals surface area contributed by atoms with Gasteiger partial charge in [0.25, 0.3) is 0 Å². The maximum Gasteiger partial charge on any atom is 0.409 e. The standard InChI is InChI=1S/C19H30N4O5/c1-3-27-19(25)23-8-6-15(7-9-23)22-18(20)21-13-14-4-5-16(28-11-10-24)17(12-14)26-2/h4-5,12,15,24H,3,6-11,13H2,1-2H3,(H3,20,21,22). The minimum Gasteiger partial charge on any atom is -0.493 e. The Kier molecular flexibility index (Phi) is 8.67. The van der Waals surface area contributed by atoms with Crippen molar-refractivity contribution in [2.75, 3.05) is 40.0 Å². The summed E-state index contributed by atoms with van der Waals surface area (Å²) in [5.41, 5.74) is 6.94. The molecule has 1 fully saturated rings. The summed E-state index contributed by atoms with van der Waals surface area (Å²) in [7, 11) is 1.56. The lowest BCUT2D eigenvalue weighted by molar-refractivity contribution is 0.0963. The summed E-state index contributed by atoms with van der Waals surface area (Å²) >= 11 is 0. The van der Waals surface area contributed by atoms with E-state index in [-0.39, 0.29) is 25.3 Å². The fourth-order valence-electron chi connectivity index (χ4n) is 2.94. The highest BCUT2D eigenvalue weighted by atomic mass is 16.6. The Bertz CT molecular complexity index is 660. The molecular formula is C19H30N4O5. The number of aliphatic hydroxyl groups is 1. The average Bonchev–Trinajstić information content (AvgIpc) is 2.71. The van der Waals surface area contributed by atoms with Gasteiger partial charge in [-0.3, -0.25) is 0 Å². The van der Waals surface area contributed by atoms with Gasteiger partial charge in [0.1, 0.15) is 6.61 Å². The lowest BCUT2D eigenvalue weighted by Crippen LogP contribution is -2.48. The number of aliphatic imine (C=N–C) groups is 1. The first kappa shape index (κ1) is 21.6. The number of nitrogens with one attached hydrogen (secondary N) is 1. The second kappa shape index (κ2) is 11.2. The average molecular weight is 394 g/mol. The van der Waals surface area contributed by atoms with Gasteiger partial charge in [-0.1, -0.05) is 6.07 Å². The first-order chi connectivity index (χ1) is 13.6. The second-order valence-electron chi connectivity index (χ2n) is 6.36. The molecule has 1 amide bonds. The van der Waals surface area contributed by atoms with Gasteiger partial charge in [0.05, 0.1) is 26.9 Å². The van der Waals surface area contributed by atoms with E-state index < -0.39 is 0 Å². The molecule has 9 heteroatoms. The number of piperidine rings is 1. The third kappa shape index (κ3) is 6.49. The Hall–Kier alpha value is -2.68. The fraction of sp³-hybridized carbons (Fsp3) is 0.579. The number of methoxy groups -OCH3 is 1. The molecule has 1 heterocycles. The molecule has 0 spiro atoms. The minimum atomic E-state index is -0.261. The number of ether oxygens (including phenoxy) is 3. The maximum atomic E-state index is 11.7. The number of benzene rings is 1. The molecule has 0 atom stereocenters. The molecular weight excluding hydrogens is 364 g/mol. The van der Waals surface area contributed by atoms with Crippen LogP contribution in [-0.2, 0) is 11.3 Å². The van der Waals surface area contributed by atoms with E-state index in [0.29, 0.717) is 43.7 Å². The van der Waals surface area contributed by atoms with Crippen LogP contribution in [-0.4, -0.2) is 68.1 Å². The summed E-state index contributed by atoms with van der Waals surface area (Å²) in [6, 6.07) is 5.68. The quantitative estimate of drug-likeness (QED) is 0.446. The highest BCUT2D eigenvalue weighted by Crippen LogP contribution is 2.28. The monoisotopic (exact) mass is 394 g/mol. The number of guanidine groups is 1. The van der Waals surface area contributed by atoms with E-state index in [1.165, 1.54) is 0 Å². The summed E-state index contributed by atoms with van der Waals surface area (Å²) in [6.07, 6.45) is 1.32. The van der Waals surface area contributed by atoms with Crippen molar-refractivity contribution in [2.24, 2.45) is 10.7 Å². The number of nitrogens with two attached hydrogens (primary N) is 1. The van der Waals surface area contributed by atoms with Crippen LogP contribution in [0.2, 0.25) is 0 Å². The van der Waals surface area contributed by atoms with E-state index >= 15 is 0 Å². The molecule has 1 aliphatic rings. The van der Waals surface area contributed by atoms with Crippen molar-refractivity contribution < 1.29 is 24.1 Å². The van der Waals surface area contributed by atoms with Crippen LogP contribution in [0.15, 0.2) is 23.2 Å². The van der Waals surface area contributed by atoms with Crippen LogP contribution in [0.1, 0.15) is 25.3 Å². The molecule has 1 aliphatic heterocycles. The third-order valence-electron chi connectivity index (χ3n) is 4.38. The second-order valence-corrected chi connectivity index (χ2v) is 6.36. The van der Waals surface area contributed by atoms with Crippen LogP contribution >= 0.6 is 0 Å². The zero-order chi connectivity index (χ0) is 20.4. The van der Waals surface area contributed by atoms with Gasteiger partial charge in [-0.15, -0.1) is 0 Å².